The molecule has 0 aliphatic heterocycles. The third kappa shape index (κ3) is 10.7. The molecule has 1 aromatic heterocycles. The topological polar surface area (TPSA) is 78.4 Å². The molecule has 0 radical (unpaired) electrons. The standard InChI is InChI=1S/C16H27N5OS.HI/c1-3-18-16(20-9-4-5-12-23-2)21-11-10-19-15(22)14-7-6-8-17-13-14;/h6-8,13H,3-5,9-12H2,1-2H3,(H,19,22)(H2,18,20,21);1H. The molecule has 0 bridgehead atoms. The molecule has 0 saturated carbocycles. The average Bonchev–Trinajstić information content (AvgIpc) is 2.59. The van der Waals surface area contributed by atoms with Crippen molar-refractivity contribution in [2.45, 2.75) is 19.8 Å². The molecule has 136 valence electrons. The number of guanidine groups is 1. The van der Waals surface area contributed by atoms with Crippen molar-refractivity contribution in [3.05, 3.63) is 30.1 Å². The molecule has 0 fully saturated rings. The van der Waals surface area contributed by atoms with Gasteiger partial charge in [0.1, 0.15) is 0 Å². The second-order valence-corrected chi connectivity index (χ2v) is 5.87. The van der Waals surface area contributed by atoms with Crippen LogP contribution in [0.4, 0.5) is 0 Å². The first-order chi connectivity index (χ1) is 11.3. The van der Waals surface area contributed by atoms with Crippen LogP contribution >= 0.6 is 35.7 Å². The lowest BCUT2D eigenvalue weighted by molar-refractivity contribution is 0.0954. The van der Waals surface area contributed by atoms with Crippen LogP contribution in [-0.2, 0) is 0 Å². The third-order valence-electron chi connectivity index (χ3n) is 3.00. The molecule has 1 heterocycles. The van der Waals surface area contributed by atoms with Crippen molar-refractivity contribution >= 4 is 47.6 Å². The summed E-state index contributed by atoms with van der Waals surface area (Å²) in [7, 11) is 0. The summed E-state index contributed by atoms with van der Waals surface area (Å²) in [4.78, 5) is 20.3. The first kappa shape index (κ1) is 23.0. The maximum Gasteiger partial charge on any atom is 0.252 e. The summed E-state index contributed by atoms with van der Waals surface area (Å²) in [5, 5.41) is 9.28. The number of halogens is 1. The van der Waals surface area contributed by atoms with E-state index in [0.29, 0.717) is 18.7 Å². The van der Waals surface area contributed by atoms with Crippen molar-refractivity contribution in [1.82, 2.24) is 20.9 Å². The van der Waals surface area contributed by atoms with Crippen LogP contribution in [0.2, 0.25) is 0 Å². The van der Waals surface area contributed by atoms with E-state index in [2.05, 4.69) is 32.2 Å². The van der Waals surface area contributed by atoms with Crippen molar-refractivity contribution in [1.29, 1.82) is 0 Å². The number of hydrogen-bond acceptors (Lipinski definition) is 4. The van der Waals surface area contributed by atoms with Gasteiger partial charge >= 0.3 is 0 Å². The minimum Gasteiger partial charge on any atom is -0.357 e. The summed E-state index contributed by atoms with van der Waals surface area (Å²) in [5.74, 6) is 1.87. The average molecular weight is 465 g/mol. The maximum atomic E-state index is 11.9. The second kappa shape index (κ2) is 15.5. The number of nitrogens with one attached hydrogen (secondary N) is 3. The number of pyridine rings is 1. The highest BCUT2D eigenvalue weighted by Crippen LogP contribution is 1.99. The molecule has 0 atom stereocenters. The number of carbonyl (C=O) groups excluding carboxylic acids is 1. The van der Waals surface area contributed by atoms with E-state index in [1.807, 2.05) is 18.7 Å². The molecule has 0 unspecified atom stereocenters. The van der Waals surface area contributed by atoms with Crippen molar-refractivity contribution in [2.75, 3.05) is 38.2 Å². The molecular weight excluding hydrogens is 437 g/mol. The highest BCUT2D eigenvalue weighted by atomic mass is 127. The minimum absolute atomic E-state index is 0. The number of rotatable bonds is 10. The Morgan fingerprint density at radius 2 is 2.04 bits per heavy atom. The van der Waals surface area contributed by atoms with Gasteiger partial charge in [-0.05, 0) is 43.9 Å². The van der Waals surface area contributed by atoms with Crippen molar-refractivity contribution in [3.8, 4) is 0 Å². The lowest BCUT2D eigenvalue weighted by Gasteiger charge is -2.11. The van der Waals surface area contributed by atoms with Crippen molar-refractivity contribution in [3.63, 3.8) is 0 Å². The summed E-state index contributed by atoms with van der Waals surface area (Å²) < 4.78 is 0. The van der Waals surface area contributed by atoms with Gasteiger partial charge in [-0.15, -0.1) is 24.0 Å². The van der Waals surface area contributed by atoms with E-state index in [0.717, 1.165) is 25.5 Å². The Hall–Kier alpha value is -1.03. The predicted octanol–water partition coefficient (Wildman–Crippen LogP) is 2.13. The van der Waals surface area contributed by atoms with Gasteiger partial charge < -0.3 is 16.0 Å². The molecule has 1 rings (SSSR count). The van der Waals surface area contributed by atoms with Gasteiger partial charge in [0.2, 0.25) is 0 Å². The number of carbonyl (C=O) groups is 1. The van der Waals surface area contributed by atoms with Gasteiger partial charge in [-0.25, -0.2) is 0 Å². The first-order valence-electron chi connectivity index (χ1n) is 7.97. The second-order valence-electron chi connectivity index (χ2n) is 4.88. The quantitative estimate of drug-likeness (QED) is 0.214. The Morgan fingerprint density at radius 3 is 2.71 bits per heavy atom. The van der Waals surface area contributed by atoms with Gasteiger partial charge in [-0.3, -0.25) is 14.8 Å². The molecule has 3 N–H and O–H groups in total. The van der Waals surface area contributed by atoms with Crippen LogP contribution in [0.5, 0.6) is 0 Å². The smallest absolute Gasteiger partial charge is 0.252 e. The molecule has 0 aliphatic carbocycles. The molecular formula is C16H28IN5OS. The van der Waals surface area contributed by atoms with Gasteiger partial charge in [0.25, 0.3) is 5.91 Å². The molecule has 0 saturated heterocycles. The fourth-order valence-electron chi connectivity index (χ4n) is 1.85. The molecule has 6 nitrogen and oxygen atoms in total. The number of thioether (sulfide) groups is 1. The molecule has 0 spiro atoms. The van der Waals surface area contributed by atoms with Gasteiger partial charge in [0.05, 0.1) is 5.56 Å². The molecule has 24 heavy (non-hydrogen) atoms. The number of hydrogen-bond donors (Lipinski definition) is 3. The van der Waals surface area contributed by atoms with E-state index in [4.69, 9.17) is 0 Å². The molecule has 1 aromatic rings. The first-order valence-corrected chi connectivity index (χ1v) is 9.36. The zero-order valence-electron chi connectivity index (χ0n) is 14.4. The summed E-state index contributed by atoms with van der Waals surface area (Å²) in [6.45, 7) is 4.83. The van der Waals surface area contributed by atoms with Gasteiger partial charge in [0, 0.05) is 38.6 Å². The minimum atomic E-state index is -0.112. The summed E-state index contributed by atoms with van der Waals surface area (Å²) in [6.07, 6.45) is 7.61. The number of nitrogens with zero attached hydrogens (tertiary/aromatic N) is 2. The van der Waals surface area contributed by atoms with Crippen molar-refractivity contribution < 1.29 is 4.79 Å². The number of aromatic nitrogens is 1. The van der Waals surface area contributed by atoms with Crippen LogP contribution in [0, 0.1) is 0 Å². The van der Waals surface area contributed by atoms with Crippen LogP contribution in [0.1, 0.15) is 30.1 Å². The van der Waals surface area contributed by atoms with E-state index < -0.39 is 0 Å². The van der Waals surface area contributed by atoms with Crippen LogP contribution in [-0.4, -0.2) is 55.0 Å². The van der Waals surface area contributed by atoms with E-state index in [1.54, 1.807) is 24.5 Å². The molecule has 8 heteroatoms. The zero-order chi connectivity index (χ0) is 16.8. The third-order valence-corrected chi connectivity index (χ3v) is 3.69. The number of unbranched alkanes of at least 4 members (excludes halogenated alkanes) is 1. The normalized spacial score (nSPS) is 10.7. The van der Waals surface area contributed by atoms with Crippen LogP contribution in [0.25, 0.3) is 0 Å². The Kier molecular flexibility index (Phi) is 14.8. The van der Waals surface area contributed by atoms with Gasteiger partial charge in [-0.2, -0.15) is 11.8 Å². The highest BCUT2D eigenvalue weighted by molar-refractivity contribution is 14.0. The predicted molar refractivity (Wildman–Crippen MR) is 114 cm³/mol. The summed E-state index contributed by atoms with van der Waals surface area (Å²) in [5.41, 5.74) is 0.571. The van der Waals surface area contributed by atoms with Crippen LogP contribution in [0.3, 0.4) is 0 Å². The van der Waals surface area contributed by atoms with Crippen LogP contribution in [0.15, 0.2) is 29.5 Å². The molecule has 1 amide bonds. The maximum absolute atomic E-state index is 11.9. The lowest BCUT2D eigenvalue weighted by Crippen LogP contribution is -2.41. The van der Waals surface area contributed by atoms with Gasteiger partial charge in [-0.1, -0.05) is 0 Å². The molecule has 0 aromatic carbocycles. The largest absolute Gasteiger partial charge is 0.357 e. The number of aliphatic imine (C=N–C) groups is 1. The Balaban J connectivity index is 0.00000529. The SMILES string of the molecule is CCNC(=NCCCCSC)NCCNC(=O)c1cccnc1.I. The van der Waals surface area contributed by atoms with E-state index in [9.17, 15) is 4.79 Å². The van der Waals surface area contributed by atoms with E-state index >= 15 is 0 Å². The fraction of sp³-hybridized carbons (Fsp3) is 0.562. The van der Waals surface area contributed by atoms with E-state index in [1.165, 1.54) is 12.2 Å². The Labute approximate surface area is 166 Å². The van der Waals surface area contributed by atoms with Crippen molar-refractivity contribution in [2.24, 2.45) is 4.99 Å². The monoisotopic (exact) mass is 465 g/mol. The lowest BCUT2D eigenvalue weighted by atomic mass is 10.3. The highest BCUT2D eigenvalue weighted by Gasteiger charge is 2.03. The Morgan fingerprint density at radius 1 is 1.25 bits per heavy atom. The van der Waals surface area contributed by atoms with Gasteiger partial charge in [0.15, 0.2) is 5.96 Å². The van der Waals surface area contributed by atoms with Crippen LogP contribution < -0.4 is 16.0 Å². The molecule has 0 aliphatic rings. The number of amides is 1. The Bertz CT molecular complexity index is 473. The zero-order valence-corrected chi connectivity index (χ0v) is 17.5. The fourth-order valence-corrected chi connectivity index (χ4v) is 2.34. The summed E-state index contributed by atoms with van der Waals surface area (Å²) >= 11 is 1.86. The summed E-state index contributed by atoms with van der Waals surface area (Å²) in [6, 6.07) is 3.50. The van der Waals surface area contributed by atoms with E-state index in [-0.39, 0.29) is 29.9 Å².